The van der Waals surface area contributed by atoms with E-state index in [-0.39, 0.29) is 34.0 Å². The Labute approximate surface area is 309 Å². The predicted molar refractivity (Wildman–Crippen MR) is 205 cm³/mol. The molecular formula is C43H55N5O4. The number of aromatic nitrogens is 1. The average molecular weight is 706 g/mol. The van der Waals surface area contributed by atoms with E-state index in [2.05, 4.69) is 53.1 Å². The van der Waals surface area contributed by atoms with E-state index in [0.717, 1.165) is 84.9 Å². The van der Waals surface area contributed by atoms with Gasteiger partial charge in [-0.2, -0.15) is 5.26 Å². The fraction of sp³-hybridized carbons (Fsp3) is 0.512. The van der Waals surface area contributed by atoms with Crippen LogP contribution in [0.3, 0.4) is 0 Å². The minimum atomic E-state index is -0.251. The molecule has 2 aromatic carbocycles. The summed E-state index contributed by atoms with van der Waals surface area (Å²) in [6.07, 6.45) is 7.65. The molecule has 276 valence electrons. The lowest BCUT2D eigenvalue weighted by atomic mass is 9.86. The summed E-state index contributed by atoms with van der Waals surface area (Å²) in [5.74, 6) is 1.42. The summed E-state index contributed by atoms with van der Waals surface area (Å²) in [6.45, 7) is 17.2. The SMILES string of the molecule is CCC1c2cccc(CN3CCN(Cc4c(OC)cc(-c5cn(C)c(=O)c(C)c5C)cc4OC)CC34CC4)c2CCN1C(=O)/C(C#N)=C\C(C)(C)C. The van der Waals surface area contributed by atoms with Gasteiger partial charge in [0.05, 0.1) is 25.8 Å². The highest BCUT2D eigenvalue weighted by Gasteiger charge is 2.51. The van der Waals surface area contributed by atoms with E-state index in [9.17, 15) is 14.9 Å². The molecule has 9 nitrogen and oxygen atoms in total. The molecule has 2 fully saturated rings. The fourth-order valence-electron chi connectivity index (χ4n) is 8.48. The number of rotatable bonds is 9. The van der Waals surface area contributed by atoms with Gasteiger partial charge in [0, 0.05) is 69.2 Å². The van der Waals surface area contributed by atoms with E-state index in [1.807, 2.05) is 45.7 Å². The van der Waals surface area contributed by atoms with Gasteiger partial charge in [0.15, 0.2) is 0 Å². The first-order valence-corrected chi connectivity index (χ1v) is 18.7. The fourth-order valence-corrected chi connectivity index (χ4v) is 8.48. The van der Waals surface area contributed by atoms with Crippen molar-refractivity contribution in [1.82, 2.24) is 19.3 Å². The first kappa shape index (κ1) is 37.4. The van der Waals surface area contributed by atoms with Crippen LogP contribution in [-0.2, 0) is 31.4 Å². The van der Waals surface area contributed by atoms with Crippen LogP contribution in [0.1, 0.15) is 86.4 Å². The maximum Gasteiger partial charge on any atom is 0.264 e. The molecule has 9 heteroatoms. The molecule has 1 spiro atoms. The van der Waals surface area contributed by atoms with Crippen LogP contribution >= 0.6 is 0 Å². The lowest BCUT2D eigenvalue weighted by Gasteiger charge is -2.43. The Kier molecular flexibility index (Phi) is 10.5. The zero-order valence-electron chi connectivity index (χ0n) is 32.6. The van der Waals surface area contributed by atoms with Crippen molar-refractivity contribution in [2.24, 2.45) is 12.5 Å². The number of fused-ring (bicyclic) bond motifs is 1. The molecule has 1 amide bonds. The second-order valence-electron chi connectivity index (χ2n) is 16.1. The van der Waals surface area contributed by atoms with E-state index < -0.39 is 0 Å². The second kappa shape index (κ2) is 14.6. The summed E-state index contributed by atoms with van der Waals surface area (Å²) in [4.78, 5) is 33.4. The Morgan fingerprint density at radius 1 is 1.04 bits per heavy atom. The number of benzene rings is 2. The number of nitriles is 1. The third kappa shape index (κ3) is 7.16. The summed E-state index contributed by atoms with van der Waals surface area (Å²) in [5, 5.41) is 9.87. The van der Waals surface area contributed by atoms with Crippen LogP contribution in [0, 0.1) is 30.6 Å². The summed E-state index contributed by atoms with van der Waals surface area (Å²) < 4.78 is 13.6. The highest BCUT2D eigenvalue weighted by atomic mass is 16.5. The topological polar surface area (TPSA) is 91.0 Å². The lowest BCUT2D eigenvalue weighted by Crippen LogP contribution is -2.54. The normalized spacial score (nSPS) is 19.0. The number of methoxy groups -OCH3 is 2. The number of piperazine rings is 1. The van der Waals surface area contributed by atoms with E-state index >= 15 is 0 Å². The minimum absolute atomic E-state index is 0.0141. The second-order valence-corrected chi connectivity index (χ2v) is 16.1. The van der Waals surface area contributed by atoms with Crippen molar-refractivity contribution < 1.29 is 14.3 Å². The van der Waals surface area contributed by atoms with Crippen molar-refractivity contribution in [3.8, 4) is 28.7 Å². The number of aryl methyl sites for hydroxylation is 1. The van der Waals surface area contributed by atoms with Crippen molar-refractivity contribution in [3.63, 3.8) is 0 Å². The summed E-state index contributed by atoms with van der Waals surface area (Å²) in [5.41, 5.74) is 8.79. The number of amides is 1. The zero-order chi connectivity index (χ0) is 37.5. The standard InChI is InChI=1S/C43H55N5O4/c1-10-37-34-13-11-12-30(33(34)14-17-48(37)41(50)32(23-44)22-42(4,5)6)24-47-19-18-46(27-43(47)15-16-43)26-36-38(51-8)20-31(21-39(36)52-9)35-25-45(7)40(49)29(3)28(35)2/h11-13,20-22,25,37H,10,14-19,24,26-27H2,1-9H3/b32-22-. The molecule has 1 aliphatic carbocycles. The molecule has 3 aromatic rings. The number of pyridine rings is 1. The molecule has 3 aliphatic rings. The molecule has 0 N–H and O–H groups in total. The molecule has 52 heavy (non-hydrogen) atoms. The highest BCUT2D eigenvalue weighted by Crippen LogP contribution is 2.47. The van der Waals surface area contributed by atoms with Gasteiger partial charge in [-0.05, 0) is 84.9 Å². The van der Waals surface area contributed by atoms with Crippen molar-refractivity contribution in [2.75, 3.05) is 40.4 Å². The third-order valence-corrected chi connectivity index (χ3v) is 11.5. The maximum absolute atomic E-state index is 13.6. The molecule has 1 aromatic heterocycles. The van der Waals surface area contributed by atoms with Gasteiger partial charge >= 0.3 is 0 Å². The van der Waals surface area contributed by atoms with Crippen molar-refractivity contribution in [1.29, 1.82) is 5.26 Å². The molecule has 1 atom stereocenters. The average Bonchev–Trinajstić information content (AvgIpc) is 3.90. The van der Waals surface area contributed by atoms with E-state index in [0.29, 0.717) is 6.54 Å². The van der Waals surface area contributed by atoms with Crippen LogP contribution in [0.2, 0.25) is 0 Å². The van der Waals surface area contributed by atoms with Gasteiger partial charge < -0.3 is 18.9 Å². The third-order valence-electron chi connectivity index (χ3n) is 11.5. The van der Waals surface area contributed by atoms with Crippen molar-refractivity contribution in [2.45, 2.75) is 91.9 Å². The maximum atomic E-state index is 13.6. The molecule has 1 saturated carbocycles. The minimum Gasteiger partial charge on any atom is -0.496 e. The van der Waals surface area contributed by atoms with Gasteiger partial charge in [-0.3, -0.25) is 19.4 Å². The zero-order valence-corrected chi connectivity index (χ0v) is 32.6. The number of carbonyl (C=O) groups is 1. The number of ether oxygens (including phenoxy) is 2. The van der Waals surface area contributed by atoms with Gasteiger partial charge in [0.1, 0.15) is 23.1 Å². The van der Waals surface area contributed by atoms with Crippen LogP contribution < -0.4 is 15.0 Å². The van der Waals surface area contributed by atoms with E-state index in [1.54, 1.807) is 31.9 Å². The van der Waals surface area contributed by atoms with Crippen LogP contribution in [0.25, 0.3) is 11.1 Å². The quantitative estimate of drug-likeness (QED) is 0.177. The van der Waals surface area contributed by atoms with E-state index in [4.69, 9.17) is 9.47 Å². The van der Waals surface area contributed by atoms with Gasteiger partial charge in [-0.15, -0.1) is 0 Å². The predicted octanol–water partition coefficient (Wildman–Crippen LogP) is 6.87. The molecule has 0 radical (unpaired) electrons. The Morgan fingerprint density at radius 2 is 1.73 bits per heavy atom. The Balaban J connectivity index is 1.20. The summed E-state index contributed by atoms with van der Waals surface area (Å²) >= 11 is 0. The largest absolute Gasteiger partial charge is 0.496 e. The Morgan fingerprint density at radius 3 is 2.33 bits per heavy atom. The molecule has 6 rings (SSSR count). The number of hydrogen-bond acceptors (Lipinski definition) is 7. The first-order valence-electron chi connectivity index (χ1n) is 18.7. The summed E-state index contributed by atoms with van der Waals surface area (Å²) in [6, 6.07) is 12.9. The van der Waals surface area contributed by atoms with Crippen LogP contribution in [0.4, 0.5) is 0 Å². The summed E-state index contributed by atoms with van der Waals surface area (Å²) in [7, 11) is 5.22. The molecule has 1 unspecified atom stereocenters. The number of hydrogen-bond donors (Lipinski definition) is 0. The van der Waals surface area contributed by atoms with Gasteiger partial charge in [0.25, 0.3) is 11.5 Å². The number of nitrogens with zero attached hydrogens (tertiary/aromatic N) is 5. The van der Waals surface area contributed by atoms with Gasteiger partial charge in [-0.25, -0.2) is 0 Å². The number of carbonyl (C=O) groups excluding carboxylic acids is 1. The van der Waals surface area contributed by atoms with Gasteiger partial charge in [0.2, 0.25) is 0 Å². The molecule has 2 aliphatic heterocycles. The smallest absolute Gasteiger partial charge is 0.264 e. The monoisotopic (exact) mass is 705 g/mol. The Bertz CT molecular complexity index is 1970. The molecule has 0 bridgehead atoms. The number of allylic oxidation sites excluding steroid dienone is 1. The van der Waals surface area contributed by atoms with E-state index in [1.165, 1.54) is 29.5 Å². The Hall–Kier alpha value is -4.39. The van der Waals surface area contributed by atoms with Crippen LogP contribution in [0.5, 0.6) is 11.5 Å². The molecular weight excluding hydrogens is 651 g/mol. The molecule has 1 saturated heterocycles. The van der Waals surface area contributed by atoms with Crippen LogP contribution in [-0.4, -0.2) is 71.1 Å². The van der Waals surface area contributed by atoms with Crippen molar-refractivity contribution in [3.05, 3.63) is 91.9 Å². The molecule has 3 heterocycles. The van der Waals surface area contributed by atoms with Crippen LogP contribution in [0.15, 0.2) is 53.0 Å². The lowest BCUT2D eigenvalue weighted by molar-refractivity contribution is -0.129. The highest BCUT2D eigenvalue weighted by molar-refractivity contribution is 5.97. The first-order chi connectivity index (χ1) is 24.7. The van der Waals surface area contributed by atoms with Crippen molar-refractivity contribution >= 4 is 5.91 Å². The van der Waals surface area contributed by atoms with Gasteiger partial charge in [-0.1, -0.05) is 52.0 Å².